The van der Waals surface area contributed by atoms with Crippen LogP contribution >= 0.6 is 23.1 Å². The number of amides is 1. The van der Waals surface area contributed by atoms with Crippen molar-refractivity contribution in [3.63, 3.8) is 0 Å². The maximum absolute atomic E-state index is 12.9. The highest BCUT2D eigenvalue weighted by molar-refractivity contribution is 8.02. The number of halogens is 1. The van der Waals surface area contributed by atoms with E-state index in [4.69, 9.17) is 0 Å². The van der Waals surface area contributed by atoms with Crippen LogP contribution in [0.2, 0.25) is 0 Å². The highest BCUT2D eigenvalue weighted by atomic mass is 32.2. The molecule has 2 aromatic rings. The molecule has 1 heterocycles. The third kappa shape index (κ3) is 4.41. The summed E-state index contributed by atoms with van der Waals surface area (Å²) in [6, 6.07) is 5.93. The van der Waals surface area contributed by atoms with Crippen molar-refractivity contribution in [2.75, 3.05) is 12.4 Å². The molecule has 0 unspecified atom stereocenters. The van der Waals surface area contributed by atoms with Gasteiger partial charge in [-0.3, -0.25) is 4.79 Å². The Kier molecular flexibility index (Phi) is 5.73. The molecular weight excluding hydrogens is 323 g/mol. The molecule has 2 N–H and O–H groups in total. The number of hydrogen-bond donors (Lipinski definition) is 2. The summed E-state index contributed by atoms with van der Waals surface area (Å²) in [4.78, 5) is 12.2. The lowest BCUT2D eigenvalue weighted by molar-refractivity contribution is -0.120. The average Bonchev–Trinajstić information content (AvgIpc) is 2.95. The summed E-state index contributed by atoms with van der Waals surface area (Å²) in [6.07, 6.45) is 0. The highest BCUT2D eigenvalue weighted by Crippen LogP contribution is 2.29. The molecule has 2 rings (SSSR count). The van der Waals surface area contributed by atoms with Crippen LogP contribution in [-0.4, -0.2) is 28.4 Å². The first-order chi connectivity index (χ1) is 10.5. The summed E-state index contributed by atoms with van der Waals surface area (Å²) in [5.74, 6) is -0.383. The number of benzene rings is 1. The zero-order valence-corrected chi connectivity index (χ0v) is 14.1. The standard InChI is InChI=1S/C14H17FN4OS2/c1-8(10-4-6-11(15)7-5-10)17-12(20)9(2)21-14-19-18-13(16-3)22-14/h4-9H,1-3H3,(H,16,18)(H,17,20)/t8-,9-/m1/s1. The number of nitrogens with one attached hydrogen (secondary N) is 2. The van der Waals surface area contributed by atoms with Gasteiger partial charge in [-0.25, -0.2) is 4.39 Å². The number of hydrogen-bond acceptors (Lipinski definition) is 6. The van der Waals surface area contributed by atoms with E-state index in [-0.39, 0.29) is 23.0 Å². The van der Waals surface area contributed by atoms with Gasteiger partial charge < -0.3 is 10.6 Å². The molecule has 0 radical (unpaired) electrons. The smallest absolute Gasteiger partial charge is 0.233 e. The van der Waals surface area contributed by atoms with Gasteiger partial charge in [0.1, 0.15) is 5.82 Å². The topological polar surface area (TPSA) is 66.9 Å². The molecule has 1 amide bonds. The number of nitrogens with zero attached hydrogens (tertiary/aromatic N) is 2. The molecule has 2 atom stereocenters. The molecule has 0 aliphatic heterocycles. The molecule has 5 nitrogen and oxygen atoms in total. The van der Waals surface area contributed by atoms with E-state index in [0.29, 0.717) is 0 Å². The van der Waals surface area contributed by atoms with Gasteiger partial charge in [0.25, 0.3) is 0 Å². The minimum atomic E-state index is -0.291. The predicted octanol–water partition coefficient (Wildman–Crippen LogP) is 3.08. The second kappa shape index (κ2) is 7.55. The largest absolute Gasteiger partial charge is 0.363 e. The van der Waals surface area contributed by atoms with Gasteiger partial charge in [-0.2, -0.15) is 0 Å². The van der Waals surface area contributed by atoms with E-state index in [1.54, 1.807) is 19.2 Å². The van der Waals surface area contributed by atoms with Gasteiger partial charge in [-0.1, -0.05) is 35.2 Å². The second-order valence-electron chi connectivity index (χ2n) is 4.67. The van der Waals surface area contributed by atoms with Crippen molar-refractivity contribution in [3.8, 4) is 0 Å². The molecule has 0 fully saturated rings. The van der Waals surface area contributed by atoms with E-state index in [9.17, 15) is 9.18 Å². The van der Waals surface area contributed by atoms with Crippen molar-refractivity contribution in [2.24, 2.45) is 0 Å². The fourth-order valence-corrected chi connectivity index (χ4v) is 3.59. The summed E-state index contributed by atoms with van der Waals surface area (Å²) < 4.78 is 13.6. The SMILES string of the molecule is CNc1nnc(S[C@H](C)C(=O)N[C@H](C)c2ccc(F)cc2)s1. The van der Waals surface area contributed by atoms with E-state index in [2.05, 4.69) is 20.8 Å². The van der Waals surface area contributed by atoms with E-state index >= 15 is 0 Å². The van der Waals surface area contributed by atoms with Crippen LogP contribution in [0.4, 0.5) is 9.52 Å². The van der Waals surface area contributed by atoms with Crippen LogP contribution in [0, 0.1) is 5.82 Å². The average molecular weight is 340 g/mol. The van der Waals surface area contributed by atoms with E-state index in [1.807, 2.05) is 13.8 Å². The second-order valence-corrected chi connectivity index (χ2v) is 7.23. The minimum Gasteiger partial charge on any atom is -0.363 e. The first kappa shape index (κ1) is 16.7. The summed E-state index contributed by atoms with van der Waals surface area (Å²) in [5.41, 5.74) is 0.861. The molecule has 118 valence electrons. The van der Waals surface area contributed by atoms with E-state index < -0.39 is 0 Å². The van der Waals surface area contributed by atoms with Crippen LogP contribution in [0.25, 0.3) is 0 Å². The third-order valence-electron chi connectivity index (χ3n) is 3.00. The molecule has 0 aliphatic rings. The van der Waals surface area contributed by atoms with Gasteiger partial charge >= 0.3 is 0 Å². The Labute approximate surface area is 136 Å². The molecule has 8 heteroatoms. The normalized spacial score (nSPS) is 13.5. The third-order valence-corrected chi connectivity index (χ3v) is 5.12. The van der Waals surface area contributed by atoms with Crippen molar-refractivity contribution in [1.82, 2.24) is 15.5 Å². The number of anilines is 1. The molecule has 0 spiro atoms. The first-order valence-electron chi connectivity index (χ1n) is 6.73. The van der Waals surface area contributed by atoms with Gasteiger partial charge in [-0.15, -0.1) is 10.2 Å². The number of thioether (sulfide) groups is 1. The fraction of sp³-hybridized carbons (Fsp3) is 0.357. The van der Waals surface area contributed by atoms with E-state index in [0.717, 1.165) is 15.0 Å². The summed E-state index contributed by atoms with van der Waals surface area (Å²) >= 11 is 2.76. The lowest BCUT2D eigenvalue weighted by atomic mass is 10.1. The zero-order chi connectivity index (χ0) is 16.1. The van der Waals surface area contributed by atoms with Crippen LogP contribution < -0.4 is 10.6 Å². The van der Waals surface area contributed by atoms with Crippen molar-refractivity contribution in [2.45, 2.75) is 29.5 Å². The number of carbonyl (C=O) groups excluding carboxylic acids is 1. The number of aromatic nitrogens is 2. The molecule has 1 aromatic carbocycles. The zero-order valence-electron chi connectivity index (χ0n) is 12.5. The lowest BCUT2D eigenvalue weighted by Crippen LogP contribution is -2.33. The lowest BCUT2D eigenvalue weighted by Gasteiger charge is -2.17. The number of rotatable bonds is 6. The van der Waals surface area contributed by atoms with Crippen molar-refractivity contribution in [1.29, 1.82) is 0 Å². The molecule has 0 saturated heterocycles. The molecular formula is C14H17FN4OS2. The van der Waals surface area contributed by atoms with Gasteiger partial charge in [0.05, 0.1) is 11.3 Å². The maximum atomic E-state index is 12.9. The first-order valence-corrected chi connectivity index (χ1v) is 8.43. The monoisotopic (exact) mass is 340 g/mol. The quantitative estimate of drug-likeness (QED) is 0.791. The summed E-state index contributed by atoms with van der Waals surface area (Å²) in [7, 11) is 1.77. The van der Waals surface area contributed by atoms with Crippen LogP contribution in [0.3, 0.4) is 0 Å². The Morgan fingerprint density at radius 1 is 1.27 bits per heavy atom. The summed E-state index contributed by atoms with van der Waals surface area (Å²) in [5, 5.41) is 14.2. The van der Waals surface area contributed by atoms with Crippen molar-refractivity contribution >= 4 is 34.1 Å². The summed E-state index contributed by atoms with van der Waals surface area (Å²) in [6.45, 7) is 3.68. The van der Waals surface area contributed by atoms with Crippen LogP contribution in [0.1, 0.15) is 25.5 Å². The van der Waals surface area contributed by atoms with Gasteiger partial charge in [-0.05, 0) is 31.5 Å². The van der Waals surface area contributed by atoms with Crippen molar-refractivity contribution in [3.05, 3.63) is 35.6 Å². The van der Waals surface area contributed by atoms with Crippen LogP contribution in [-0.2, 0) is 4.79 Å². The number of carbonyl (C=O) groups is 1. The molecule has 0 aliphatic carbocycles. The van der Waals surface area contributed by atoms with Gasteiger partial charge in [0, 0.05) is 7.05 Å². The maximum Gasteiger partial charge on any atom is 0.233 e. The Balaban J connectivity index is 1.91. The molecule has 22 heavy (non-hydrogen) atoms. The molecule has 0 bridgehead atoms. The van der Waals surface area contributed by atoms with Gasteiger partial charge in [0.2, 0.25) is 11.0 Å². The van der Waals surface area contributed by atoms with Crippen LogP contribution in [0.5, 0.6) is 0 Å². The molecule has 0 saturated carbocycles. The fourth-order valence-electron chi connectivity index (χ4n) is 1.73. The Bertz CT molecular complexity index is 632. The van der Waals surface area contributed by atoms with E-state index in [1.165, 1.54) is 35.2 Å². The minimum absolute atomic E-state index is 0.0944. The predicted molar refractivity (Wildman–Crippen MR) is 87.7 cm³/mol. The molecule has 1 aromatic heterocycles. The Hall–Kier alpha value is -1.67. The van der Waals surface area contributed by atoms with Crippen LogP contribution in [0.15, 0.2) is 28.6 Å². The Morgan fingerprint density at radius 2 is 1.95 bits per heavy atom. The highest BCUT2D eigenvalue weighted by Gasteiger charge is 2.19. The van der Waals surface area contributed by atoms with Gasteiger partial charge in [0.15, 0.2) is 4.34 Å². The van der Waals surface area contributed by atoms with Crippen molar-refractivity contribution < 1.29 is 9.18 Å². The Morgan fingerprint density at radius 3 is 2.55 bits per heavy atom.